The Kier molecular flexibility index (Phi) is 4.29. The smallest absolute Gasteiger partial charge is 0.222 e. The van der Waals surface area contributed by atoms with Gasteiger partial charge in [0.1, 0.15) is 0 Å². The number of rotatable bonds is 4. The lowest BCUT2D eigenvalue weighted by Gasteiger charge is -2.07. The van der Waals surface area contributed by atoms with Crippen LogP contribution in [0.4, 0.5) is 23.2 Å². The van der Waals surface area contributed by atoms with E-state index < -0.39 is 23.3 Å². The quantitative estimate of drug-likeness (QED) is 0.360. The van der Waals surface area contributed by atoms with Crippen molar-refractivity contribution in [1.29, 1.82) is 0 Å². The van der Waals surface area contributed by atoms with Crippen LogP contribution in [-0.4, -0.2) is 0 Å². The number of halogens is 4. The Bertz CT molecular complexity index is 361. The molecule has 0 radical (unpaired) electrons. The van der Waals surface area contributed by atoms with E-state index in [-0.39, 0.29) is 17.7 Å². The Morgan fingerprint density at radius 3 is 2.00 bits per heavy atom. The van der Waals surface area contributed by atoms with E-state index in [9.17, 15) is 17.6 Å². The highest BCUT2D eigenvalue weighted by Crippen LogP contribution is 2.26. The summed E-state index contributed by atoms with van der Waals surface area (Å²) in [6.07, 6.45) is 2.49. The van der Waals surface area contributed by atoms with Crippen molar-refractivity contribution in [3.05, 3.63) is 28.8 Å². The summed E-state index contributed by atoms with van der Waals surface area (Å²) in [5.41, 5.74) is 2.70. The Morgan fingerprint density at radius 2 is 1.44 bits per heavy atom. The third-order valence-electron chi connectivity index (χ3n) is 2.50. The van der Waals surface area contributed by atoms with E-state index in [1.165, 1.54) is 0 Å². The van der Waals surface area contributed by atoms with Gasteiger partial charge in [-0.2, -0.15) is 4.39 Å². The molecule has 0 aliphatic rings. The fraction of sp³-hybridized carbons (Fsp3) is 0.455. The molecule has 1 aromatic rings. The number of unbranched alkanes of at least 4 members (excludes halogenated alkanes) is 2. The second-order valence-electron chi connectivity index (χ2n) is 3.67. The third kappa shape index (κ3) is 2.35. The summed E-state index contributed by atoms with van der Waals surface area (Å²) < 4.78 is 52.1. The molecule has 0 unspecified atom stereocenters. The molecule has 3 N–H and O–H groups in total. The van der Waals surface area contributed by atoms with E-state index in [2.05, 4.69) is 5.73 Å². The molecule has 0 saturated carbocycles. The molecule has 0 aromatic heterocycles. The van der Waals surface area contributed by atoms with E-state index in [1.807, 2.05) is 6.92 Å². The Balaban J connectivity index is 3.08. The first kappa shape index (κ1) is 13.0. The van der Waals surface area contributed by atoms with Gasteiger partial charge in [0.25, 0.3) is 0 Å². The van der Waals surface area contributed by atoms with Gasteiger partial charge in [-0.25, -0.2) is 13.2 Å². The molecule has 1 aromatic carbocycles. The molecule has 0 bridgehead atoms. The molecule has 1 nitrogen and oxygen atoms in total. The monoisotopic (exact) mass is 236 g/mol. The van der Waals surface area contributed by atoms with Gasteiger partial charge in [-0.15, -0.1) is 0 Å². The lowest BCUT2D eigenvalue weighted by Crippen LogP contribution is -2.43. The largest absolute Gasteiger partial charge is 0.322 e. The summed E-state index contributed by atoms with van der Waals surface area (Å²) in [7, 11) is 0. The van der Waals surface area contributed by atoms with Crippen LogP contribution in [0.5, 0.6) is 0 Å². The zero-order chi connectivity index (χ0) is 12.3. The van der Waals surface area contributed by atoms with E-state index in [4.69, 9.17) is 0 Å². The first-order valence-electron chi connectivity index (χ1n) is 5.17. The molecular formula is C11H14F4N+. The highest BCUT2D eigenvalue weighted by atomic mass is 19.2. The van der Waals surface area contributed by atoms with E-state index in [0.717, 1.165) is 12.8 Å². The zero-order valence-electron chi connectivity index (χ0n) is 9.05. The second kappa shape index (κ2) is 5.30. The Hall–Kier alpha value is -1.10. The standard InChI is InChI=1S/C11H13F4N/c1-2-3-4-5-6-7(12)8(13)9(14)10(15)11(6)16/h2-5,16H2,1H3/p+1. The molecule has 0 atom stereocenters. The predicted octanol–water partition coefficient (Wildman–Crippen LogP) is 2.85. The number of hydrogen-bond donors (Lipinski definition) is 1. The van der Waals surface area contributed by atoms with Gasteiger partial charge in [0, 0.05) is 0 Å². The van der Waals surface area contributed by atoms with E-state index in [1.54, 1.807) is 0 Å². The summed E-state index contributed by atoms with van der Waals surface area (Å²) >= 11 is 0. The molecule has 16 heavy (non-hydrogen) atoms. The molecule has 0 aliphatic heterocycles. The molecule has 0 spiro atoms. The topological polar surface area (TPSA) is 27.6 Å². The summed E-state index contributed by atoms with van der Waals surface area (Å²) in [5, 5.41) is 0. The van der Waals surface area contributed by atoms with Crippen LogP contribution in [0.2, 0.25) is 0 Å². The van der Waals surface area contributed by atoms with Crippen molar-refractivity contribution in [2.75, 3.05) is 0 Å². The van der Waals surface area contributed by atoms with Gasteiger partial charge in [-0.3, -0.25) is 0 Å². The first-order chi connectivity index (χ1) is 7.50. The van der Waals surface area contributed by atoms with Crippen LogP contribution in [-0.2, 0) is 6.42 Å². The summed E-state index contributed by atoms with van der Waals surface area (Å²) in [5.74, 6) is -6.26. The van der Waals surface area contributed by atoms with Crippen LogP contribution in [0.25, 0.3) is 0 Å². The fourth-order valence-corrected chi connectivity index (χ4v) is 1.54. The maximum absolute atomic E-state index is 13.3. The molecular weight excluding hydrogens is 222 g/mol. The van der Waals surface area contributed by atoms with Gasteiger partial charge >= 0.3 is 0 Å². The lowest BCUT2D eigenvalue weighted by atomic mass is 10.0. The molecule has 1 rings (SSSR count). The minimum atomic E-state index is -1.79. The van der Waals surface area contributed by atoms with Crippen LogP contribution in [0, 0.1) is 23.3 Å². The summed E-state index contributed by atoms with van der Waals surface area (Å²) in [4.78, 5) is 0. The van der Waals surface area contributed by atoms with Gasteiger partial charge in [0.2, 0.25) is 11.6 Å². The lowest BCUT2D eigenvalue weighted by molar-refractivity contribution is -0.260. The van der Waals surface area contributed by atoms with Crippen LogP contribution < -0.4 is 5.73 Å². The molecule has 0 amide bonds. The highest BCUT2D eigenvalue weighted by Gasteiger charge is 2.25. The van der Waals surface area contributed by atoms with Gasteiger partial charge in [-0.1, -0.05) is 19.8 Å². The molecule has 0 saturated heterocycles. The van der Waals surface area contributed by atoms with Crippen molar-refractivity contribution in [1.82, 2.24) is 0 Å². The molecule has 90 valence electrons. The number of quaternary nitrogens is 1. The number of hydrogen-bond acceptors (Lipinski definition) is 0. The van der Waals surface area contributed by atoms with Gasteiger partial charge in [0.05, 0.1) is 5.56 Å². The van der Waals surface area contributed by atoms with Crippen molar-refractivity contribution < 1.29 is 23.3 Å². The maximum Gasteiger partial charge on any atom is 0.222 e. The van der Waals surface area contributed by atoms with Crippen LogP contribution >= 0.6 is 0 Å². The molecule has 0 aliphatic carbocycles. The minimum Gasteiger partial charge on any atom is -0.322 e. The van der Waals surface area contributed by atoms with Crippen LogP contribution in [0.1, 0.15) is 31.7 Å². The zero-order valence-corrected chi connectivity index (χ0v) is 9.05. The fourth-order valence-electron chi connectivity index (χ4n) is 1.54. The van der Waals surface area contributed by atoms with Crippen molar-refractivity contribution in [2.45, 2.75) is 32.6 Å². The average molecular weight is 236 g/mol. The molecule has 5 heteroatoms. The Morgan fingerprint density at radius 1 is 0.875 bits per heavy atom. The molecule has 0 heterocycles. The number of benzene rings is 1. The highest BCUT2D eigenvalue weighted by molar-refractivity contribution is 5.42. The van der Waals surface area contributed by atoms with Crippen molar-refractivity contribution in [3.8, 4) is 0 Å². The van der Waals surface area contributed by atoms with Gasteiger partial charge in [-0.05, 0) is 12.8 Å². The van der Waals surface area contributed by atoms with Crippen molar-refractivity contribution >= 4 is 5.69 Å². The van der Waals surface area contributed by atoms with E-state index in [0.29, 0.717) is 6.42 Å². The second-order valence-corrected chi connectivity index (χ2v) is 3.67. The Labute approximate surface area is 91.3 Å². The maximum atomic E-state index is 13.3. The predicted molar refractivity (Wildman–Crippen MR) is 52.1 cm³/mol. The van der Waals surface area contributed by atoms with Crippen molar-refractivity contribution in [3.63, 3.8) is 0 Å². The van der Waals surface area contributed by atoms with Crippen LogP contribution in [0.3, 0.4) is 0 Å². The van der Waals surface area contributed by atoms with E-state index >= 15 is 0 Å². The first-order valence-corrected chi connectivity index (χ1v) is 5.17. The minimum absolute atomic E-state index is 0.162. The SMILES string of the molecule is CCCCCc1c([NH3+])c(F)c(F)c(F)c1F. The van der Waals surface area contributed by atoms with Crippen LogP contribution in [0.15, 0.2) is 0 Å². The third-order valence-corrected chi connectivity index (χ3v) is 2.50. The summed E-state index contributed by atoms with van der Waals surface area (Å²) in [6.45, 7) is 1.95. The molecule has 0 fully saturated rings. The summed E-state index contributed by atoms with van der Waals surface area (Å²) in [6, 6.07) is 0. The van der Waals surface area contributed by atoms with Gasteiger partial charge < -0.3 is 5.73 Å². The van der Waals surface area contributed by atoms with Crippen molar-refractivity contribution in [2.24, 2.45) is 0 Å². The van der Waals surface area contributed by atoms with Gasteiger partial charge in [0.15, 0.2) is 17.3 Å². The average Bonchev–Trinajstić information content (AvgIpc) is 2.28. The normalized spacial score (nSPS) is 10.9.